The molecule has 1 aliphatic rings. The third-order valence-corrected chi connectivity index (χ3v) is 5.52. The highest BCUT2D eigenvalue weighted by molar-refractivity contribution is 5.89. The number of halogens is 3. The number of rotatable bonds is 6. The van der Waals surface area contributed by atoms with Gasteiger partial charge in [0.25, 0.3) is 12.0 Å². The molecule has 1 atom stereocenters. The van der Waals surface area contributed by atoms with Gasteiger partial charge in [-0.05, 0) is 31.4 Å². The largest absolute Gasteiger partial charge is 0.377 e. The van der Waals surface area contributed by atoms with Gasteiger partial charge in [0, 0.05) is 11.1 Å². The van der Waals surface area contributed by atoms with E-state index in [4.69, 9.17) is 4.74 Å². The number of hydrogen-bond acceptors (Lipinski definition) is 5. The lowest BCUT2D eigenvalue weighted by Crippen LogP contribution is -2.18. The molecule has 0 aliphatic carbocycles. The van der Waals surface area contributed by atoms with Crippen LogP contribution in [0.3, 0.4) is 0 Å². The number of aromatic nitrogens is 3. The second-order valence-corrected chi connectivity index (χ2v) is 7.60. The van der Waals surface area contributed by atoms with Crippen LogP contribution in [0, 0.1) is 12.7 Å². The van der Waals surface area contributed by atoms with Crippen molar-refractivity contribution in [2.24, 2.45) is 0 Å². The first-order chi connectivity index (χ1) is 15.4. The number of benzene rings is 1. The van der Waals surface area contributed by atoms with Crippen molar-refractivity contribution < 1.29 is 17.9 Å². The maximum atomic E-state index is 14.8. The first-order valence-corrected chi connectivity index (χ1v) is 10.4. The number of aromatic amines is 1. The molecule has 0 fully saturated rings. The second kappa shape index (κ2) is 9.12. The predicted octanol–water partition coefficient (Wildman–Crippen LogP) is 5.07. The van der Waals surface area contributed by atoms with Gasteiger partial charge in [-0.15, -0.1) is 0 Å². The van der Waals surface area contributed by atoms with E-state index in [0.29, 0.717) is 54.3 Å². The Bertz CT molecular complexity index is 1240. The minimum Gasteiger partial charge on any atom is -0.377 e. The van der Waals surface area contributed by atoms with Gasteiger partial charge in [-0.3, -0.25) is 4.79 Å². The maximum absolute atomic E-state index is 14.8. The zero-order valence-corrected chi connectivity index (χ0v) is 17.7. The van der Waals surface area contributed by atoms with E-state index in [1.807, 2.05) is 13.0 Å². The topological polar surface area (TPSA) is 79.9 Å². The Kier molecular flexibility index (Phi) is 6.27. The molecule has 3 aromatic rings. The Morgan fingerprint density at radius 1 is 1.25 bits per heavy atom. The van der Waals surface area contributed by atoms with Crippen LogP contribution in [0.5, 0.6) is 0 Å². The summed E-state index contributed by atoms with van der Waals surface area (Å²) in [6.45, 7) is 4.45. The average molecular weight is 444 g/mol. The van der Waals surface area contributed by atoms with Crippen molar-refractivity contribution in [1.82, 2.24) is 15.0 Å². The number of alkyl halides is 2. The third kappa shape index (κ3) is 4.25. The molecule has 1 aliphatic heterocycles. The SMILES string of the molecule is CC[C@@H](Nc1nc(C)nc2[nH]c(=O)c(C3=CCOCC3)cc12)c1cccc(C(F)F)c1F. The number of pyridine rings is 1. The van der Waals surface area contributed by atoms with E-state index >= 15 is 0 Å². The normalized spacial score (nSPS) is 15.1. The van der Waals surface area contributed by atoms with E-state index in [0.717, 1.165) is 11.6 Å². The Hall–Kier alpha value is -3.20. The summed E-state index contributed by atoms with van der Waals surface area (Å²) in [5.41, 5.74) is 0.940. The lowest BCUT2D eigenvalue weighted by atomic mass is 10.00. The highest BCUT2D eigenvalue weighted by Gasteiger charge is 2.22. The molecule has 168 valence electrons. The molecule has 3 heterocycles. The molecule has 0 spiro atoms. The smallest absolute Gasteiger partial charge is 0.266 e. The van der Waals surface area contributed by atoms with E-state index in [1.165, 1.54) is 12.1 Å². The van der Waals surface area contributed by atoms with Crippen molar-refractivity contribution >= 4 is 22.4 Å². The quantitative estimate of drug-likeness (QED) is 0.555. The molecule has 2 aromatic heterocycles. The lowest BCUT2D eigenvalue weighted by molar-refractivity contribution is 0.146. The third-order valence-electron chi connectivity index (χ3n) is 5.52. The van der Waals surface area contributed by atoms with Gasteiger partial charge in [0.15, 0.2) is 0 Å². The van der Waals surface area contributed by atoms with Crippen molar-refractivity contribution in [3.05, 3.63) is 69.0 Å². The van der Waals surface area contributed by atoms with E-state index in [9.17, 15) is 18.0 Å². The van der Waals surface area contributed by atoms with Gasteiger partial charge in [-0.1, -0.05) is 31.2 Å². The summed E-state index contributed by atoms with van der Waals surface area (Å²) in [4.78, 5) is 24.2. The summed E-state index contributed by atoms with van der Waals surface area (Å²) in [5.74, 6) is -0.130. The molecule has 0 radical (unpaired) electrons. The van der Waals surface area contributed by atoms with Crippen LogP contribution in [0.2, 0.25) is 0 Å². The van der Waals surface area contributed by atoms with Crippen LogP contribution in [0.15, 0.2) is 35.1 Å². The van der Waals surface area contributed by atoms with E-state index in [1.54, 1.807) is 13.0 Å². The Morgan fingerprint density at radius 2 is 2.03 bits per heavy atom. The number of H-pyrrole nitrogens is 1. The van der Waals surface area contributed by atoms with Crippen LogP contribution in [0.25, 0.3) is 16.6 Å². The Labute approximate surface area is 182 Å². The summed E-state index contributed by atoms with van der Waals surface area (Å²) in [5, 5.41) is 3.74. The van der Waals surface area contributed by atoms with Crippen LogP contribution in [0.4, 0.5) is 19.0 Å². The van der Waals surface area contributed by atoms with Crippen molar-refractivity contribution in [2.75, 3.05) is 18.5 Å². The average Bonchev–Trinajstić information content (AvgIpc) is 2.77. The lowest BCUT2D eigenvalue weighted by Gasteiger charge is -2.21. The summed E-state index contributed by atoms with van der Waals surface area (Å²) >= 11 is 0. The summed E-state index contributed by atoms with van der Waals surface area (Å²) < 4.78 is 46.5. The van der Waals surface area contributed by atoms with Crippen molar-refractivity contribution in [2.45, 2.75) is 39.2 Å². The highest BCUT2D eigenvalue weighted by Crippen LogP contribution is 2.32. The van der Waals surface area contributed by atoms with Gasteiger partial charge in [0.1, 0.15) is 23.1 Å². The predicted molar refractivity (Wildman–Crippen MR) is 116 cm³/mol. The number of ether oxygens (including phenoxy) is 1. The van der Waals surface area contributed by atoms with E-state index in [2.05, 4.69) is 20.3 Å². The van der Waals surface area contributed by atoms with Crippen molar-refractivity contribution in [3.63, 3.8) is 0 Å². The number of hydrogen-bond donors (Lipinski definition) is 2. The number of fused-ring (bicyclic) bond motifs is 1. The molecule has 9 heteroatoms. The van der Waals surface area contributed by atoms with Crippen LogP contribution >= 0.6 is 0 Å². The zero-order valence-electron chi connectivity index (χ0n) is 17.7. The molecule has 0 bridgehead atoms. The fourth-order valence-corrected chi connectivity index (χ4v) is 3.89. The van der Waals surface area contributed by atoms with Gasteiger partial charge in [-0.2, -0.15) is 0 Å². The molecule has 1 aromatic carbocycles. The van der Waals surface area contributed by atoms with E-state index in [-0.39, 0.29) is 11.1 Å². The minimum atomic E-state index is -2.91. The molecule has 4 rings (SSSR count). The fraction of sp³-hybridized carbons (Fsp3) is 0.348. The first kappa shape index (κ1) is 22.0. The van der Waals surface area contributed by atoms with E-state index < -0.39 is 23.8 Å². The summed E-state index contributed by atoms with van der Waals surface area (Å²) in [6.07, 6.45) is -0.0163. The zero-order chi connectivity index (χ0) is 22.8. The van der Waals surface area contributed by atoms with Gasteiger partial charge < -0.3 is 15.0 Å². The summed E-state index contributed by atoms with van der Waals surface area (Å²) in [7, 11) is 0. The monoisotopic (exact) mass is 444 g/mol. The molecule has 6 nitrogen and oxygen atoms in total. The molecule has 0 saturated carbocycles. The molecule has 0 unspecified atom stereocenters. The minimum absolute atomic E-state index is 0.131. The molecule has 0 saturated heterocycles. The van der Waals surface area contributed by atoms with Gasteiger partial charge >= 0.3 is 0 Å². The van der Waals surface area contributed by atoms with Crippen LogP contribution in [-0.4, -0.2) is 28.2 Å². The van der Waals surface area contributed by atoms with Gasteiger partial charge in [0.2, 0.25) is 0 Å². The number of aryl methyl sites for hydroxylation is 1. The Balaban J connectivity index is 1.80. The molecule has 2 N–H and O–H groups in total. The molecule has 32 heavy (non-hydrogen) atoms. The number of nitrogens with zero attached hydrogens (tertiary/aromatic N) is 2. The maximum Gasteiger partial charge on any atom is 0.266 e. The number of nitrogens with one attached hydrogen (secondary N) is 2. The fourth-order valence-electron chi connectivity index (χ4n) is 3.89. The van der Waals surface area contributed by atoms with Gasteiger partial charge in [-0.25, -0.2) is 23.1 Å². The summed E-state index contributed by atoms with van der Waals surface area (Å²) in [6, 6.07) is 5.09. The van der Waals surface area contributed by atoms with Crippen LogP contribution in [0.1, 0.15) is 54.7 Å². The van der Waals surface area contributed by atoms with Crippen LogP contribution in [-0.2, 0) is 4.74 Å². The van der Waals surface area contributed by atoms with Crippen molar-refractivity contribution in [1.29, 1.82) is 0 Å². The first-order valence-electron chi connectivity index (χ1n) is 10.4. The highest BCUT2D eigenvalue weighted by atomic mass is 19.3. The van der Waals surface area contributed by atoms with Gasteiger partial charge in [0.05, 0.1) is 30.2 Å². The van der Waals surface area contributed by atoms with Crippen LogP contribution < -0.4 is 10.9 Å². The second-order valence-electron chi connectivity index (χ2n) is 7.60. The molecular formula is C23H23F3N4O2. The van der Waals surface area contributed by atoms with Crippen molar-refractivity contribution in [3.8, 4) is 0 Å². The molecule has 0 amide bonds. The number of anilines is 1. The molecular weight excluding hydrogens is 421 g/mol. The Morgan fingerprint density at radius 3 is 2.72 bits per heavy atom. The standard InChI is InChI=1S/C23H23F3N4O2/c1-3-18(14-5-4-6-15(19(14)24)20(25)26)29-21-17-11-16(13-7-9-32-10-8-13)23(31)30-22(17)28-12(2)27-21/h4-7,11,18,20H,3,8-10H2,1-2H3,(H2,27,28,29,30,31)/t18-/m1/s1.